The first-order valence-electron chi connectivity index (χ1n) is 5.84. The summed E-state index contributed by atoms with van der Waals surface area (Å²) in [6, 6.07) is 3.50. The molecule has 1 amide bonds. The summed E-state index contributed by atoms with van der Waals surface area (Å²) in [7, 11) is -2.98. The van der Waals surface area contributed by atoms with Gasteiger partial charge < -0.3 is 5.32 Å². The molecule has 1 saturated heterocycles. The van der Waals surface area contributed by atoms with Gasteiger partial charge in [-0.05, 0) is 31.0 Å². The third-order valence-corrected chi connectivity index (χ3v) is 5.01. The fourth-order valence-corrected chi connectivity index (χ4v) is 3.63. The smallest absolute Gasteiger partial charge is 0.254 e. The highest BCUT2D eigenvalue weighted by Gasteiger charge is 2.25. The van der Waals surface area contributed by atoms with Crippen LogP contribution in [0.1, 0.15) is 23.2 Å². The number of carbonyl (C=O) groups excluding carboxylic acids is 1. The second kappa shape index (κ2) is 5.46. The van der Waals surface area contributed by atoms with Crippen LogP contribution < -0.4 is 5.32 Å². The van der Waals surface area contributed by atoms with Crippen molar-refractivity contribution in [2.75, 3.05) is 11.5 Å². The van der Waals surface area contributed by atoms with Crippen molar-refractivity contribution in [1.29, 1.82) is 0 Å². The largest absolute Gasteiger partial charge is 0.349 e. The molecular formula is C12H13ClFNO3S. The number of halogens is 2. The lowest BCUT2D eigenvalue weighted by Crippen LogP contribution is -2.41. The average Bonchev–Trinajstić information content (AvgIpc) is 2.35. The standard InChI is InChI=1S/C12H13ClFNO3S/c13-8-1-2-11(14)10(7-8)12(16)15-9-3-5-19(17,18)6-4-9/h1-2,7,9H,3-6H2,(H,15,16). The van der Waals surface area contributed by atoms with Crippen molar-refractivity contribution in [2.24, 2.45) is 0 Å². The van der Waals surface area contributed by atoms with E-state index in [1.807, 2.05) is 0 Å². The third-order valence-electron chi connectivity index (χ3n) is 3.06. The molecular weight excluding hydrogens is 293 g/mol. The zero-order valence-corrected chi connectivity index (χ0v) is 11.6. The summed E-state index contributed by atoms with van der Waals surface area (Å²) in [4.78, 5) is 11.9. The molecule has 1 heterocycles. The molecule has 7 heteroatoms. The minimum Gasteiger partial charge on any atom is -0.349 e. The van der Waals surface area contributed by atoms with E-state index in [0.717, 1.165) is 6.07 Å². The van der Waals surface area contributed by atoms with E-state index in [0.29, 0.717) is 12.8 Å². The first kappa shape index (κ1) is 14.3. The number of nitrogens with one attached hydrogen (secondary N) is 1. The molecule has 4 nitrogen and oxygen atoms in total. The molecule has 1 aromatic carbocycles. The number of benzene rings is 1. The van der Waals surface area contributed by atoms with Gasteiger partial charge in [0.1, 0.15) is 15.7 Å². The van der Waals surface area contributed by atoms with Crippen LogP contribution in [0.2, 0.25) is 5.02 Å². The Hall–Kier alpha value is -1.14. The molecule has 1 aliphatic rings. The fraction of sp³-hybridized carbons (Fsp3) is 0.417. The number of sulfone groups is 1. The lowest BCUT2D eigenvalue weighted by Gasteiger charge is -2.23. The second-order valence-corrected chi connectivity index (χ2v) is 7.26. The molecule has 0 saturated carbocycles. The number of hydrogen-bond donors (Lipinski definition) is 1. The van der Waals surface area contributed by atoms with E-state index < -0.39 is 21.6 Å². The summed E-state index contributed by atoms with van der Waals surface area (Å²) in [6.07, 6.45) is 0.715. The molecule has 0 radical (unpaired) electrons. The van der Waals surface area contributed by atoms with Crippen LogP contribution in [0.15, 0.2) is 18.2 Å². The van der Waals surface area contributed by atoms with Crippen LogP contribution in [0, 0.1) is 5.82 Å². The Morgan fingerprint density at radius 3 is 2.58 bits per heavy atom. The van der Waals surface area contributed by atoms with Crippen LogP contribution in [-0.4, -0.2) is 31.9 Å². The number of carbonyl (C=O) groups is 1. The fourth-order valence-electron chi connectivity index (χ4n) is 1.97. The summed E-state index contributed by atoms with van der Waals surface area (Å²) >= 11 is 5.72. The minimum absolute atomic E-state index is 0.0516. The van der Waals surface area contributed by atoms with Crippen molar-refractivity contribution < 1.29 is 17.6 Å². The lowest BCUT2D eigenvalue weighted by molar-refractivity contribution is 0.0930. The highest BCUT2D eigenvalue weighted by atomic mass is 35.5. The first-order valence-corrected chi connectivity index (χ1v) is 8.04. The van der Waals surface area contributed by atoms with E-state index in [9.17, 15) is 17.6 Å². The maximum absolute atomic E-state index is 13.5. The van der Waals surface area contributed by atoms with Crippen molar-refractivity contribution >= 4 is 27.3 Å². The highest BCUT2D eigenvalue weighted by Crippen LogP contribution is 2.17. The number of hydrogen-bond acceptors (Lipinski definition) is 3. The summed E-state index contributed by atoms with van der Waals surface area (Å²) < 4.78 is 36.0. The summed E-state index contributed by atoms with van der Waals surface area (Å²) in [6.45, 7) is 0. The van der Waals surface area contributed by atoms with Crippen molar-refractivity contribution in [2.45, 2.75) is 18.9 Å². The summed E-state index contributed by atoms with van der Waals surface area (Å²) in [5, 5.41) is 2.91. The van der Waals surface area contributed by atoms with Gasteiger partial charge in [0.15, 0.2) is 0 Å². The zero-order valence-electron chi connectivity index (χ0n) is 10.0. The lowest BCUT2D eigenvalue weighted by atomic mass is 10.1. The molecule has 19 heavy (non-hydrogen) atoms. The van der Waals surface area contributed by atoms with Gasteiger partial charge in [0.25, 0.3) is 5.91 Å². The van der Waals surface area contributed by atoms with E-state index in [-0.39, 0.29) is 28.1 Å². The maximum atomic E-state index is 13.5. The van der Waals surface area contributed by atoms with Crippen molar-refractivity contribution in [1.82, 2.24) is 5.32 Å². The summed E-state index contributed by atoms with van der Waals surface area (Å²) in [5.41, 5.74) is -0.124. The zero-order chi connectivity index (χ0) is 14.0. The molecule has 0 atom stereocenters. The van der Waals surface area contributed by atoms with Gasteiger partial charge in [-0.1, -0.05) is 11.6 Å². The van der Waals surface area contributed by atoms with Gasteiger partial charge in [-0.15, -0.1) is 0 Å². The molecule has 104 valence electrons. The quantitative estimate of drug-likeness (QED) is 0.906. The Balaban J connectivity index is 2.04. The van der Waals surface area contributed by atoms with Crippen LogP contribution in [0.3, 0.4) is 0 Å². The van der Waals surface area contributed by atoms with Crippen LogP contribution in [0.5, 0.6) is 0 Å². The van der Waals surface area contributed by atoms with Crippen LogP contribution in [0.25, 0.3) is 0 Å². The minimum atomic E-state index is -2.98. The molecule has 1 aliphatic heterocycles. The van der Waals surface area contributed by atoms with E-state index in [1.54, 1.807) is 0 Å². The molecule has 1 fully saturated rings. The first-order chi connectivity index (χ1) is 8.87. The Morgan fingerprint density at radius 1 is 1.32 bits per heavy atom. The Bertz CT molecular complexity index is 589. The van der Waals surface area contributed by atoms with E-state index in [2.05, 4.69) is 5.32 Å². The molecule has 1 aromatic rings. The summed E-state index contributed by atoms with van der Waals surface area (Å²) in [5.74, 6) is -1.11. The van der Waals surface area contributed by atoms with Crippen LogP contribution >= 0.6 is 11.6 Å². The number of rotatable bonds is 2. The van der Waals surface area contributed by atoms with Gasteiger partial charge in [0, 0.05) is 11.1 Å². The van der Waals surface area contributed by atoms with Gasteiger partial charge in [0.2, 0.25) is 0 Å². The maximum Gasteiger partial charge on any atom is 0.254 e. The normalized spacial score (nSPS) is 19.1. The van der Waals surface area contributed by atoms with E-state index in [1.165, 1.54) is 12.1 Å². The van der Waals surface area contributed by atoms with Gasteiger partial charge in [0.05, 0.1) is 17.1 Å². The average molecular weight is 306 g/mol. The molecule has 0 aromatic heterocycles. The van der Waals surface area contributed by atoms with Crippen LogP contribution in [0.4, 0.5) is 4.39 Å². The predicted molar refractivity (Wildman–Crippen MR) is 70.6 cm³/mol. The second-order valence-electron chi connectivity index (χ2n) is 4.52. The van der Waals surface area contributed by atoms with E-state index in [4.69, 9.17) is 11.6 Å². The van der Waals surface area contributed by atoms with Gasteiger partial charge in [-0.2, -0.15) is 0 Å². The van der Waals surface area contributed by atoms with Gasteiger partial charge in [-0.25, -0.2) is 12.8 Å². The molecule has 1 N–H and O–H groups in total. The molecule has 0 spiro atoms. The van der Waals surface area contributed by atoms with Gasteiger partial charge >= 0.3 is 0 Å². The van der Waals surface area contributed by atoms with Crippen molar-refractivity contribution in [3.63, 3.8) is 0 Å². The Morgan fingerprint density at radius 2 is 1.95 bits per heavy atom. The molecule has 0 aliphatic carbocycles. The number of amides is 1. The molecule has 0 unspecified atom stereocenters. The van der Waals surface area contributed by atoms with E-state index >= 15 is 0 Å². The van der Waals surface area contributed by atoms with Crippen LogP contribution in [-0.2, 0) is 9.84 Å². The third kappa shape index (κ3) is 3.67. The van der Waals surface area contributed by atoms with Gasteiger partial charge in [-0.3, -0.25) is 4.79 Å². The predicted octanol–water partition coefficient (Wildman–Crippen LogP) is 1.79. The SMILES string of the molecule is O=C(NC1CCS(=O)(=O)CC1)c1cc(Cl)ccc1F. The molecule has 0 bridgehead atoms. The Labute approximate surface area is 115 Å². The van der Waals surface area contributed by atoms with Crippen molar-refractivity contribution in [3.8, 4) is 0 Å². The monoisotopic (exact) mass is 305 g/mol. The Kier molecular flexibility index (Phi) is 4.10. The molecule has 2 rings (SSSR count). The topological polar surface area (TPSA) is 63.2 Å². The van der Waals surface area contributed by atoms with Crippen molar-refractivity contribution in [3.05, 3.63) is 34.6 Å². The highest BCUT2D eigenvalue weighted by molar-refractivity contribution is 7.91.